The van der Waals surface area contributed by atoms with Crippen LogP contribution in [-0.2, 0) is 28.1 Å². The molecule has 6 aromatic carbocycles. The van der Waals surface area contributed by atoms with Gasteiger partial charge in [-0.05, 0) is 164 Å². The number of piperidine rings is 4. The van der Waals surface area contributed by atoms with E-state index in [0.29, 0.717) is 50.8 Å². The van der Waals surface area contributed by atoms with E-state index in [0.717, 1.165) is 240 Å². The Hall–Kier alpha value is -9.04. The molecule has 27 nitrogen and oxygen atoms in total. The monoisotopic (exact) mass is 2090 g/mol. The number of alkyl halides is 2. The van der Waals surface area contributed by atoms with E-state index >= 15 is 0 Å². The number of nitriles is 2. The molecule has 0 bridgehead atoms. The number of nitrogens with one attached hydrogen (secondary N) is 4. The Balaban J connectivity index is 0.000000536. The molecule has 13 heterocycles. The number of hydrogen-bond acceptors (Lipinski definition) is 28. The minimum absolute atomic E-state index is 0. The Labute approximate surface area is 858 Å². The van der Waals surface area contributed by atoms with Crippen LogP contribution in [0.25, 0.3) is 65.9 Å². The summed E-state index contributed by atoms with van der Waals surface area (Å²) in [4.78, 5) is 75.6. The summed E-state index contributed by atoms with van der Waals surface area (Å²) in [7, 11) is 0.318. The maximum atomic E-state index is 11.4. The first-order chi connectivity index (χ1) is 65.1. The van der Waals surface area contributed by atoms with Crippen LogP contribution in [0, 0.1) is 22.7 Å². The summed E-state index contributed by atoms with van der Waals surface area (Å²) in [6.07, 6.45) is 29.8. The Bertz CT molecular complexity index is 6120. The standard InChI is InChI=1S/C24H20N4OS.C16H10N2O.C9H6BrNO.C9H14N2O3S2.C9H7NO.C8H12N2OS.C5H11NO.C4H8O.C3H2ClNS.C2H6.CH3ClO2S.2CH3F.CH4.BHNS.B.Na.H/c25-14-17-2-1-3-19(12-17)22-15-28(23-13-18(16-29)4-5-21(22)23)20-6-9-27(10-7-20)24-26-8-11-30-24;17-8-11-2-1-3-13(6-11)15-9-18-16-7-12(10-19)4-5-14(15)16;10-8-4-11-9-3-6(5-12)1-2-7(8)9;1-16(12,13)14-8-2-5-11(6-3-8)9-10-4-7-15-9;11-6-7-1-2-8-3-4-10-9(8)5-7;11-7-1-4-10(5-2-7)8-9-3-6-12-8;7-5-1-3-6-4-2-5;1-2-4-5-3-1;4-3-5-1-2-6-3;1-2;1-5(2,3)4;2*1-2;;1-2-3;;;/h1-5,8,11-13,15-16,20H,6-7,9-10H2;1-7,9-10,18H;1-5,11H;4,7-8H,2-3,5-6H2,1H3;1-6,10H;3,6-7,11H,1-2,4-5H2;5-7H,1-4H2;1-4H2;1-2H;1-2H3;1H3;2*1H3;1H4;3H;;;/q;;;;;;;;;;;;;;;;+1;-1/i;;;;;;;;;1D;;2*1D;;;;;. The van der Waals surface area contributed by atoms with Gasteiger partial charge in [0.1, 0.15) is 25.1 Å². The number of rotatable bonds is 12. The zero-order valence-corrected chi connectivity index (χ0v) is 85.2. The van der Waals surface area contributed by atoms with Crippen molar-refractivity contribution in [1.82, 2.24) is 44.8 Å². The first-order valence-corrected chi connectivity index (χ1v) is 50.6. The van der Waals surface area contributed by atoms with Crippen molar-refractivity contribution in [3.8, 4) is 34.4 Å². The maximum absolute atomic E-state index is 11.4. The third kappa shape index (κ3) is 42.5. The van der Waals surface area contributed by atoms with Gasteiger partial charge in [-0.3, -0.25) is 32.1 Å². The largest absolute Gasteiger partial charge is 1.00 e. The van der Waals surface area contributed by atoms with E-state index in [1.54, 1.807) is 71.5 Å². The summed E-state index contributed by atoms with van der Waals surface area (Å²) >= 11 is 18.3. The van der Waals surface area contributed by atoms with Crippen molar-refractivity contribution in [1.29, 1.82) is 10.5 Å². The molecular formula is C93H111B2BrCl2F2N15NaO12S7. The number of aliphatic hydroxyl groups is 2. The van der Waals surface area contributed by atoms with Crippen molar-refractivity contribution < 1.29 is 99.0 Å². The van der Waals surface area contributed by atoms with Gasteiger partial charge in [0.25, 0.3) is 10.1 Å². The normalized spacial score (nSPS) is 14.0. The fourth-order valence-corrected chi connectivity index (χ4v) is 17.4. The summed E-state index contributed by atoms with van der Waals surface area (Å²) in [5, 5.41) is 54.9. The predicted molar refractivity (Wildman–Crippen MR) is 554 cm³/mol. The van der Waals surface area contributed by atoms with Gasteiger partial charge in [-0.1, -0.05) is 106 Å². The number of aromatic amines is 3. The average molecular weight is 2090 g/mol. The number of thiazole rings is 4. The second-order valence-corrected chi connectivity index (χ2v) is 38.4. The van der Waals surface area contributed by atoms with Gasteiger partial charge in [0, 0.05) is 226 Å². The molecule has 0 aliphatic carbocycles. The fraction of sp³-hybridized carbons (Fsp3) is 0.333. The Morgan fingerprint density at radius 1 is 0.615 bits per heavy atom. The van der Waals surface area contributed by atoms with Crippen LogP contribution < -0.4 is 49.6 Å². The van der Waals surface area contributed by atoms with Gasteiger partial charge in [0.15, 0.2) is 19.9 Å². The predicted octanol–water partition coefficient (Wildman–Crippen LogP) is 18.0. The van der Waals surface area contributed by atoms with Gasteiger partial charge in [0.05, 0.1) is 71.1 Å². The van der Waals surface area contributed by atoms with Crippen LogP contribution in [0.2, 0.25) is 4.47 Å². The molecule has 5 fully saturated rings. The van der Waals surface area contributed by atoms with Crippen molar-refractivity contribution in [3.05, 3.63) is 241 Å². The van der Waals surface area contributed by atoms with Crippen LogP contribution in [0.15, 0.2) is 207 Å². The number of H-pyrrole nitrogens is 3. The molecule has 5 aliphatic rings. The van der Waals surface area contributed by atoms with Gasteiger partial charge in [-0.15, -0.1) is 45.3 Å². The first-order valence-electron chi connectivity index (χ1n) is 43.1. The summed E-state index contributed by atoms with van der Waals surface area (Å²) < 4.78 is 94.5. The van der Waals surface area contributed by atoms with Crippen LogP contribution in [0.3, 0.4) is 0 Å². The number of benzene rings is 6. The minimum Gasteiger partial charge on any atom is -1.00 e. The topological polar surface area (TPSA) is 381 Å². The molecule has 0 atom stereocenters. The molecule has 19 rings (SSSR count). The average Bonchev–Trinajstić information content (AvgIpc) is 1.61. The van der Waals surface area contributed by atoms with Crippen LogP contribution >= 0.6 is 96.4 Å². The summed E-state index contributed by atoms with van der Waals surface area (Å²) in [5.41, 5.74) is 12.1. The number of carbonyl (C=O) groups excluding carboxylic acids is 4. The number of nitrogens with zero attached hydrogens (tertiary/aromatic N) is 11. The van der Waals surface area contributed by atoms with Crippen molar-refractivity contribution in [2.75, 3.05) is 107 Å². The molecule has 714 valence electrons. The van der Waals surface area contributed by atoms with E-state index in [9.17, 15) is 55.2 Å². The van der Waals surface area contributed by atoms with Gasteiger partial charge < -0.3 is 55.9 Å². The molecule has 0 saturated carbocycles. The molecule has 8 aromatic heterocycles. The number of hydrogen-bond donors (Lipinski definition) is 7. The second-order valence-electron chi connectivity index (χ2n) is 28.6. The van der Waals surface area contributed by atoms with Crippen LogP contribution in [0.5, 0.6) is 0 Å². The van der Waals surface area contributed by atoms with Crippen LogP contribution in [-0.4, -0.2) is 218 Å². The number of aromatic nitrogens is 8. The molecule has 0 amide bonds. The number of anilines is 3. The smallest absolute Gasteiger partial charge is 1.00 e. The Kier molecular flexibility index (Phi) is 56.5. The molecule has 0 spiro atoms. The first kappa shape index (κ1) is 115. The van der Waals surface area contributed by atoms with Gasteiger partial charge in [0.2, 0.25) is 9.05 Å². The van der Waals surface area contributed by atoms with E-state index in [2.05, 4.69) is 129 Å². The number of aliphatic hydroxyl groups excluding tert-OH is 2. The Morgan fingerprint density at radius 2 is 1.03 bits per heavy atom. The van der Waals surface area contributed by atoms with Gasteiger partial charge >= 0.3 is 54.3 Å². The summed E-state index contributed by atoms with van der Waals surface area (Å²) in [6.45, 7) is 11.7. The van der Waals surface area contributed by atoms with Crippen molar-refractivity contribution in [3.63, 3.8) is 0 Å². The van der Waals surface area contributed by atoms with Crippen molar-refractivity contribution in [2.45, 2.75) is 110 Å². The quantitative estimate of drug-likeness (QED) is 0.0196. The molecule has 0 unspecified atom stereocenters. The fourth-order valence-electron chi connectivity index (χ4n) is 13.6. The van der Waals surface area contributed by atoms with E-state index in [-0.39, 0.29) is 65.1 Å². The molecule has 5 saturated heterocycles. The number of aldehydes is 4. The van der Waals surface area contributed by atoms with Crippen LogP contribution in [0.4, 0.5) is 24.2 Å². The SMILES string of the molecule is C.C1CCOC1.CS(=O)(=O)Cl.CS(=O)(=O)OC1CCN(c2nccs2)CC1.Clc1nccs1.N#Cc1cccc(-c2c[nH]c3cc(C=O)ccc23)c1.N#Cc1cccc(-c2cn(C3CCN(c4nccs4)CC3)c3cc(C=O)ccc23)c1.O=Cc1ccc2c(Br)c[nH]c2c1.O=Cc1ccc2cc[nH]c2c1.OC1CCN(c2nccs2)CC1.OC1CCNCC1.[2H]CC.[2H]CF.[2H]CF.[B].[B]=NS.[H-].[Na+]. The van der Waals surface area contributed by atoms with E-state index in [1.807, 2.05) is 162 Å². The number of ether oxygens (including phenoxy) is 1. The van der Waals surface area contributed by atoms with E-state index in [4.69, 9.17) is 35.0 Å². The summed E-state index contributed by atoms with van der Waals surface area (Å²) in [5.74, 6) is 0. The third-order valence-electron chi connectivity index (χ3n) is 19.6. The second kappa shape index (κ2) is 66.5. The molecule has 42 heteroatoms. The zero-order chi connectivity index (χ0) is 98.3. The number of halogens is 5. The summed E-state index contributed by atoms with van der Waals surface area (Å²) in [6, 6.07) is 44.4. The van der Waals surface area contributed by atoms with Crippen molar-refractivity contribution in [2.24, 2.45) is 4.30 Å². The molecule has 6 N–H and O–H groups in total. The van der Waals surface area contributed by atoms with E-state index < -0.39 is 33.5 Å². The van der Waals surface area contributed by atoms with Crippen molar-refractivity contribution >= 4 is 216 Å². The molecule has 135 heavy (non-hydrogen) atoms. The molecule has 5 aliphatic heterocycles. The number of thiol groups is 1. The molecule has 4 radical (unpaired) electrons. The molecule has 14 aromatic rings. The minimum atomic E-state index is -3.33. The number of carbonyl (C=O) groups is 4. The number of fused-ring (bicyclic) bond motifs is 4. The van der Waals surface area contributed by atoms with Gasteiger partial charge in [-0.2, -0.15) is 18.9 Å². The zero-order valence-electron chi connectivity index (χ0n) is 78.3. The van der Waals surface area contributed by atoms with Gasteiger partial charge in [-0.25, -0.2) is 28.4 Å². The molecular weight excluding hydrogens is 1980 g/mol. The van der Waals surface area contributed by atoms with E-state index in [1.165, 1.54) is 24.2 Å². The van der Waals surface area contributed by atoms with Crippen LogP contribution in [0.1, 0.15) is 150 Å². The maximum Gasteiger partial charge on any atom is 1.00 e. The third-order valence-corrected chi connectivity index (χ3v) is 24.3. The Morgan fingerprint density at radius 3 is 1.44 bits per heavy atom.